The van der Waals surface area contributed by atoms with Gasteiger partial charge in [0.05, 0.1) is 16.7 Å². The number of aromatic nitrogens is 2. The van der Waals surface area contributed by atoms with Crippen LogP contribution in [0.1, 0.15) is 32.3 Å². The average Bonchev–Trinajstić information content (AvgIpc) is 2.79. The monoisotopic (exact) mass is 510 g/mol. The van der Waals surface area contributed by atoms with Crippen molar-refractivity contribution >= 4 is 33.3 Å². The molecule has 35 heavy (non-hydrogen) atoms. The summed E-state index contributed by atoms with van der Waals surface area (Å²) in [6.45, 7) is 4.36. The Balaban J connectivity index is 1.81. The van der Waals surface area contributed by atoms with Gasteiger partial charge in [-0.2, -0.15) is 0 Å². The van der Waals surface area contributed by atoms with Crippen LogP contribution < -0.4 is 15.8 Å². The highest BCUT2D eigenvalue weighted by Gasteiger charge is 2.28. The average molecular weight is 511 g/mol. The number of hydrogen-bond acceptors (Lipinski definition) is 10. The first-order valence-electron chi connectivity index (χ1n) is 10.7. The zero-order valence-corrected chi connectivity index (χ0v) is 20.2. The molecule has 190 valence electrons. The van der Waals surface area contributed by atoms with Gasteiger partial charge in [0.15, 0.2) is 15.7 Å². The van der Waals surface area contributed by atoms with E-state index in [9.17, 15) is 22.8 Å². The van der Waals surface area contributed by atoms with Gasteiger partial charge in [-0.3, -0.25) is 0 Å². The number of rotatable bonds is 7. The van der Waals surface area contributed by atoms with Crippen molar-refractivity contribution in [2.75, 3.05) is 24.7 Å². The third-order valence-electron chi connectivity index (χ3n) is 5.11. The summed E-state index contributed by atoms with van der Waals surface area (Å²) in [5, 5.41) is 15.0. The van der Waals surface area contributed by atoms with Gasteiger partial charge in [0.2, 0.25) is 5.88 Å². The molecule has 0 unspecified atom stereocenters. The lowest BCUT2D eigenvalue weighted by Crippen LogP contribution is -2.42. The van der Waals surface area contributed by atoms with Crippen molar-refractivity contribution in [2.45, 2.75) is 43.8 Å². The van der Waals surface area contributed by atoms with Gasteiger partial charge >= 0.3 is 6.09 Å². The molecule has 0 spiro atoms. The molecule has 0 saturated carbocycles. The fraction of sp³-hybridized carbons (Fsp3) is 0.429. The van der Waals surface area contributed by atoms with Crippen LogP contribution in [0.15, 0.2) is 34.6 Å². The van der Waals surface area contributed by atoms with Crippen molar-refractivity contribution in [1.82, 2.24) is 14.9 Å². The Labute approximate surface area is 201 Å². The number of nitrogens with one attached hydrogen (secondary N) is 1. The number of sulfone groups is 1. The zero-order valence-electron chi connectivity index (χ0n) is 19.4. The molecule has 1 aliphatic rings. The van der Waals surface area contributed by atoms with E-state index < -0.39 is 21.7 Å². The van der Waals surface area contributed by atoms with E-state index in [1.54, 1.807) is 18.7 Å². The summed E-state index contributed by atoms with van der Waals surface area (Å²) < 4.78 is 49.1. The number of carbonyl (C=O) groups excluding carboxylic acids is 1. The molecule has 1 aliphatic heterocycles. The minimum absolute atomic E-state index is 0.00540. The van der Waals surface area contributed by atoms with E-state index >= 15 is 0 Å². The van der Waals surface area contributed by atoms with Crippen LogP contribution in [0.2, 0.25) is 0 Å². The van der Waals surface area contributed by atoms with Gasteiger partial charge in [-0.25, -0.2) is 27.6 Å². The molecule has 3 rings (SSSR count). The van der Waals surface area contributed by atoms with Crippen molar-refractivity contribution < 1.29 is 32.3 Å². The predicted octanol–water partition coefficient (Wildman–Crippen LogP) is 2.25. The number of amides is 1. The van der Waals surface area contributed by atoms with E-state index in [2.05, 4.69) is 20.4 Å². The van der Waals surface area contributed by atoms with Crippen LogP contribution in [0.4, 0.5) is 20.7 Å². The van der Waals surface area contributed by atoms with E-state index in [0.717, 1.165) is 18.6 Å². The highest BCUT2D eigenvalue weighted by Crippen LogP contribution is 2.29. The minimum atomic E-state index is -3.60. The van der Waals surface area contributed by atoms with Crippen LogP contribution in [-0.4, -0.2) is 72.0 Å². The van der Waals surface area contributed by atoms with Gasteiger partial charge in [-0.15, -0.1) is 0 Å². The van der Waals surface area contributed by atoms with Crippen LogP contribution in [0.3, 0.4) is 0 Å². The van der Waals surface area contributed by atoms with Gasteiger partial charge in [-0.1, -0.05) is 5.16 Å². The maximum atomic E-state index is 14.6. The third kappa shape index (κ3) is 6.47. The van der Waals surface area contributed by atoms with E-state index in [1.807, 2.05) is 0 Å². The second kappa shape index (κ2) is 10.7. The van der Waals surface area contributed by atoms with E-state index in [1.165, 1.54) is 12.1 Å². The number of halogens is 1. The number of carbonyl (C=O) groups is 1. The number of anilines is 2. The largest absolute Gasteiger partial charge is 0.474 e. The normalized spacial score (nSPS) is 15.2. The molecule has 1 aromatic heterocycles. The summed E-state index contributed by atoms with van der Waals surface area (Å²) in [5.74, 6) is -1.25. The summed E-state index contributed by atoms with van der Waals surface area (Å²) in [6.07, 6.45) is 2.14. The Hall–Kier alpha value is -3.68. The van der Waals surface area contributed by atoms with E-state index in [4.69, 9.17) is 15.2 Å². The van der Waals surface area contributed by atoms with Crippen LogP contribution in [0, 0.1) is 5.82 Å². The summed E-state index contributed by atoms with van der Waals surface area (Å²) in [6, 6.07) is 3.34. The second-order valence-corrected chi connectivity index (χ2v) is 10.2. The smallest absolute Gasteiger partial charge is 0.410 e. The highest BCUT2D eigenvalue weighted by molar-refractivity contribution is 7.90. The minimum Gasteiger partial charge on any atom is -0.474 e. The maximum absolute atomic E-state index is 14.6. The van der Waals surface area contributed by atoms with Gasteiger partial charge in [-0.05, 0) is 32.0 Å². The zero-order chi connectivity index (χ0) is 25.8. The van der Waals surface area contributed by atoms with Gasteiger partial charge in [0, 0.05) is 32.2 Å². The molecular formula is C21H27FN6O6S. The number of nitrogens with zero attached hydrogens (tertiary/aromatic N) is 4. The summed E-state index contributed by atoms with van der Waals surface area (Å²) >= 11 is 0. The number of amidine groups is 1. The number of oxime groups is 1. The molecule has 14 heteroatoms. The Bertz CT molecular complexity index is 1210. The molecule has 1 fully saturated rings. The lowest BCUT2D eigenvalue weighted by Gasteiger charge is -2.32. The van der Waals surface area contributed by atoms with Crippen LogP contribution in [-0.2, 0) is 14.6 Å². The standard InChI is InChI=1S/C21H27FN6O6S/c1-12(2)33-21(29)28-8-6-13(7-9-28)34-20-17(18(23)27-30)19(24-11-25-20)26-16-5-4-14(10-15(16)22)35(3,31)32/h4-5,10-13,30H,6-9H2,1-3H3,(H2,23,27)(H,24,25,26). The maximum Gasteiger partial charge on any atom is 0.410 e. The number of likely N-dealkylation sites (tertiary alicyclic amines) is 1. The van der Waals surface area contributed by atoms with Crippen molar-refractivity contribution in [3.8, 4) is 5.88 Å². The lowest BCUT2D eigenvalue weighted by atomic mass is 10.1. The first-order chi connectivity index (χ1) is 16.5. The Kier molecular flexibility index (Phi) is 7.94. The van der Waals surface area contributed by atoms with Crippen molar-refractivity contribution in [2.24, 2.45) is 10.9 Å². The van der Waals surface area contributed by atoms with Crippen molar-refractivity contribution in [1.29, 1.82) is 0 Å². The molecule has 12 nitrogen and oxygen atoms in total. The molecule has 0 bridgehead atoms. The molecule has 0 atom stereocenters. The van der Waals surface area contributed by atoms with Crippen molar-refractivity contribution in [3.63, 3.8) is 0 Å². The third-order valence-corrected chi connectivity index (χ3v) is 6.22. The molecular weight excluding hydrogens is 483 g/mol. The molecule has 4 N–H and O–H groups in total. The predicted molar refractivity (Wildman–Crippen MR) is 124 cm³/mol. The van der Waals surface area contributed by atoms with E-state index in [-0.39, 0.29) is 45.9 Å². The fourth-order valence-electron chi connectivity index (χ4n) is 3.38. The summed E-state index contributed by atoms with van der Waals surface area (Å²) in [5.41, 5.74) is 5.74. The molecule has 2 aromatic rings. The number of hydrogen-bond donors (Lipinski definition) is 3. The fourth-order valence-corrected chi connectivity index (χ4v) is 4.01. The lowest BCUT2D eigenvalue weighted by molar-refractivity contribution is 0.0507. The molecule has 0 aliphatic carbocycles. The van der Waals surface area contributed by atoms with Crippen LogP contribution in [0.5, 0.6) is 5.88 Å². The summed E-state index contributed by atoms with van der Waals surface area (Å²) in [4.78, 5) is 21.6. The Morgan fingerprint density at radius 2 is 2.00 bits per heavy atom. The molecule has 2 heterocycles. The van der Waals surface area contributed by atoms with Gasteiger partial charge in [0.1, 0.15) is 29.6 Å². The highest BCUT2D eigenvalue weighted by atomic mass is 32.2. The van der Waals surface area contributed by atoms with Crippen molar-refractivity contribution in [3.05, 3.63) is 35.9 Å². The second-order valence-electron chi connectivity index (χ2n) is 8.16. The Morgan fingerprint density at radius 1 is 1.31 bits per heavy atom. The first-order valence-corrected chi connectivity index (χ1v) is 12.6. The SMILES string of the molecule is CC(C)OC(=O)N1CCC(Oc2ncnc(Nc3ccc(S(C)(=O)=O)cc3F)c2/C(N)=N/O)CC1. The number of ether oxygens (including phenoxy) is 2. The molecule has 0 radical (unpaired) electrons. The summed E-state index contributed by atoms with van der Waals surface area (Å²) in [7, 11) is -3.60. The quantitative estimate of drug-likeness (QED) is 0.217. The van der Waals surface area contributed by atoms with Crippen LogP contribution in [0.25, 0.3) is 0 Å². The van der Waals surface area contributed by atoms with E-state index in [0.29, 0.717) is 25.9 Å². The van der Waals surface area contributed by atoms with Crippen LogP contribution >= 0.6 is 0 Å². The number of piperidine rings is 1. The topological polar surface area (TPSA) is 169 Å². The molecule has 1 saturated heterocycles. The Morgan fingerprint density at radius 3 is 2.57 bits per heavy atom. The number of nitrogens with two attached hydrogens (primary N) is 1. The van der Waals surface area contributed by atoms with Gasteiger partial charge < -0.3 is 30.6 Å². The van der Waals surface area contributed by atoms with Gasteiger partial charge in [0.25, 0.3) is 0 Å². The molecule has 1 aromatic carbocycles. The molecule has 1 amide bonds. The number of benzene rings is 1. The first kappa shape index (κ1) is 25.9.